The minimum atomic E-state index is -0.523. The van der Waals surface area contributed by atoms with Crippen LogP contribution in [0.1, 0.15) is 0 Å². The third kappa shape index (κ3) is 3.31. The van der Waals surface area contributed by atoms with Crippen LogP contribution in [0.5, 0.6) is 0 Å². The molecule has 5 nitrogen and oxygen atoms in total. The van der Waals surface area contributed by atoms with E-state index in [1.165, 1.54) is 30.5 Å². The zero-order valence-corrected chi connectivity index (χ0v) is 9.97. The van der Waals surface area contributed by atoms with E-state index >= 15 is 0 Å². The van der Waals surface area contributed by atoms with Crippen molar-refractivity contribution in [3.8, 4) is 0 Å². The minimum Gasteiger partial charge on any atom is -0.493 e. The SMILES string of the molecule is O=COCC(Nc1ccc(F)cc1)C1=COCC1=O. The number of halogens is 1. The average molecular weight is 265 g/mol. The Morgan fingerprint density at radius 1 is 1.42 bits per heavy atom. The molecule has 1 aromatic rings. The van der Waals surface area contributed by atoms with E-state index in [-0.39, 0.29) is 24.8 Å². The lowest BCUT2D eigenvalue weighted by atomic mass is 10.1. The molecular weight excluding hydrogens is 253 g/mol. The molecule has 1 atom stereocenters. The molecule has 19 heavy (non-hydrogen) atoms. The maximum absolute atomic E-state index is 12.8. The number of hydrogen-bond acceptors (Lipinski definition) is 5. The Bertz CT molecular complexity index is 498. The first-order valence-electron chi connectivity index (χ1n) is 5.63. The van der Waals surface area contributed by atoms with Crippen molar-refractivity contribution in [1.29, 1.82) is 0 Å². The summed E-state index contributed by atoms with van der Waals surface area (Å²) in [4.78, 5) is 21.9. The normalized spacial score (nSPS) is 15.4. The number of carbonyl (C=O) groups excluding carboxylic acids is 2. The second-order valence-electron chi connectivity index (χ2n) is 3.94. The molecule has 0 bridgehead atoms. The summed E-state index contributed by atoms with van der Waals surface area (Å²) in [6.45, 7) is 0.278. The predicted octanol–water partition coefficient (Wildman–Crippen LogP) is 1.26. The largest absolute Gasteiger partial charge is 0.493 e. The molecule has 0 radical (unpaired) electrons. The van der Waals surface area contributed by atoms with E-state index in [2.05, 4.69) is 10.1 Å². The van der Waals surface area contributed by atoms with Crippen molar-refractivity contribution in [2.24, 2.45) is 0 Å². The summed E-state index contributed by atoms with van der Waals surface area (Å²) in [5.41, 5.74) is 1.01. The van der Waals surface area contributed by atoms with Gasteiger partial charge in [0.15, 0.2) is 6.61 Å². The van der Waals surface area contributed by atoms with Crippen molar-refractivity contribution in [3.05, 3.63) is 41.9 Å². The Morgan fingerprint density at radius 2 is 2.16 bits per heavy atom. The molecular formula is C13H12FNO4. The van der Waals surface area contributed by atoms with Crippen molar-refractivity contribution >= 4 is 17.9 Å². The number of ketones is 1. The molecule has 1 aliphatic heterocycles. The number of rotatable bonds is 6. The minimum absolute atomic E-state index is 0.0121. The maximum atomic E-state index is 12.8. The molecule has 0 saturated carbocycles. The first-order chi connectivity index (χ1) is 9.20. The summed E-state index contributed by atoms with van der Waals surface area (Å²) in [5.74, 6) is -0.528. The van der Waals surface area contributed by atoms with Crippen LogP contribution in [0.4, 0.5) is 10.1 Å². The zero-order chi connectivity index (χ0) is 13.7. The molecule has 0 fully saturated rings. The number of Topliss-reactive ketones (excluding diaryl/α,β-unsaturated/α-hetero) is 1. The van der Waals surface area contributed by atoms with Crippen LogP contribution in [0.25, 0.3) is 0 Å². The van der Waals surface area contributed by atoms with Crippen LogP contribution < -0.4 is 5.32 Å². The second-order valence-corrected chi connectivity index (χ2v) is 3.94. The van der Waals surface area contributed by atoms with Crippen LogP contribution in [0.15, 0.2) is 36.1 Å². The van der Waals surface area contributed by atoms with Crippen LogP contribution in [0.3, 0.4) is 0 Å². The number of anilines is 1. The topological polar surface area (TPSA) is 64.6 Å². The van der Waals surface area contributed by atoms with Gasteiger partial charge in [0.1, 0.15) is 12.4 Å². The molecule has 2 rings (SSSR count). The monoisotopic (exact) mass is 265 g/mol. The van der Waals surface area contributed by atoms with Crippen LogP contribution in [-0.4, -0.2) is 31.5 Å². The van der Waals surface area contributed by atoms with Gasteiger partial charge in [-0.1, -0.05) is 0 Å². The molecule has 1 N–H and O–H groups in total. The second kappa shape index (κ2) is 5.99. The third-order valence-corrected chi connectivity index (χ3v) is 2.64. The average Bonchev–Trinajstić information content (AvgIpc) is 2.83. The van der Waals surface area contributed by atoms with Gasteiger partial charge in [0.25, 0.3) is 6.47 Å². The Kier molecular flexibility index (Phi) is 4.12. The van der Waals surface area contributed by atoms with Gasteiger partial charge in [0.05, 0.1) is 17.9 Å². The number of carbonyl (C=O) groups is 2. The summed E-state index contributed by atoms with van der Waals surface area (Å²) in [6, 6.07) is 5.13. The molecule has 1 aliphatic rings. The molecule has 6 heteroatoms. The van der Waals surface area contributed by atoms with E-state index in [1.807, 2.05) is 0 Å². The Hall–Kier alpha value is -2.37. The van der Waals surface area contributed by atoms with Gasteiger partial charge in [-0.25, -0.2) is 4.39 Å². The van der Waals surface area contributed by atoms with Gasteiger partial charge in [-0.3, -0.25) is 9.59 Å². The quantitative estimate of drug-likeness (QED) is 0.784. The van der Waals surface area contributed by atoms with Crippen molar-refractivity contribution in [2.45, 2.75) is 6.04 Å². The summed E-state index contributed by atoms with van der Waals surface area (Å²) in [5, 5.41) is 2.99. The Balaban J connectivity index is 2.11. The van der Waals surface area contributed by atoms with Gasteiger partial charge in [-0.15, -0.1) is 0 Å². The fourth-order valence-electron chi connectivity index (χ4n) is 1.72. The van der Waals surface area contributed by atoms with Crippen molar-refractivity contribution in [3.63, 3.8) is 0 Å². The van der Waals surface area contributed by atoms with E-state index in [4.69, 9.17) is 4.74 Å². The Labute approximate surface area is 109 Å². The lowest BCUT2D eigenvalue weighted by Crippen LogP contribution is -2.30. The molecule has 1 aromatic carbocycles. The van der Waals surface area contributed by atoms with Gasteiger partial charge < -0.3 is 14.8 Å². The summed E-state index contributed by atoms with van der Waals surface area (Å²) in [7, 11) is 0. The van der Waals surface area contributed by atoms with Gasteiger partial charge in [-0.05, 0) is 24.3 Å². The fourth-order valence-corrected chi connectivity index (χ4v) is 1.72. The van der Waals surface area contributed by atoms with Crippen LogP contribution in [-0.2, 0) is 19.1 Å². The third-order valence-electron chi connectivity index (χ3n) is 2.64. The highest BCUT2D eigenvalue weighted by molar-refractivity contribution is 5.99. The summed E-state index contributed by atoms with van der Waals surface area (Å²) >= 11 is 0. The fraction of sp³-hybridized carbons (Fsp3) is 0.231. The number of nitrogens with one attached hydrogen (secondary N) is 1. The van der Waals surface area contributed by atoms with Crippen molar-refractivity contribution in [2.75, 3.05) is 18.5 Å². The van der Waals surface area contributed by atoms with Gasteiger partial charge in [0.2, 0.25) is 5.78 Å². The van der Waals surface area contributed by atoms with E-state index in [0.29, 0.717) is 17.7 Å². The van der Waals surface area contributed by atoms with Gasteiger partial charge in [-0.2, -0.15) is 0 Å². The molecule has 0 aliphatic carbocycles. The summed E-state index contributed by atoms with van der Waals surface area (Å²) in [6.07, 6.45) is 1.34. The van der Waals surface area contributed by atoms with Crippen LogP contribution in [0, 0.1) is 5.82 Å². The first kappa shape index (κ1) is 13.1. The summed E-state index contributed by atoms with van der Waals surface area (Å²) < 4.78 is 22.4. The van der Waals surface area contributed by atoms with E-state index in [1.54, 1.807) is 0 Å². The van der Waals surface area contributed by atoms with E-state index < -0.39 is 6.04 Å². The van der Waals surface area contributed by atoms with Gasteiger partial charge in [0, 0.05) is 5.69 Å². The number of benzene rings is 1. The maximum Gasteiger partial charge on any atom is 0.293 e. The molecule has 100 valence electrons. The van der Waals surface area contributed by atoms with Crippen molar-refractivity contribution < 1.29 is 23.5 Å². The molecule has 0 spiro atoms. The number of ether oxygens (including phenoxy) is 2. The van der Waals surface area contributed by atoms with Crippen molar-refractivity contribution in [1.82, 2.24) is 0 Å². The van der Waals surface area contributed by atoms with Gasteiger partial charge >= 0.3 is 0 Å². The number of hydrogen-bond donors (Lipinski definition) is 1. The molecule has 1 heterocycles. The molecule has 0 saturated heterocycles. The first-order valence-corrected chi connectivity index (χ1v) is 5.63. The molecule has 0 aromatic heterocycles. The highest BCUT2D eigenvalue weighted by atomic mass is 19.1. The predicted molar refractivity (Wildman–Crippen MR) is 64.9 cm³/mol. The standard InChI is InChI=1S/C13H12FNO4/c14-9-1-3-10(4-2-9)15-12(6-19-8-16)11-5-18-7-13(11)17/h1-5,8,12,15H,6-7H2. The van der Waals surface area contributed by atoms with E-state index in [0.717, 1.165) is 0 Å². The molecule has 0 amide bonds. The van der Waals surface area contributed by atoms with Crippen LogP contribution in [0.2, 0.25) is 0 Å². The molecule has 1 unspecified atom stereocenters. The van der Waals surface area contributed by atoms with E-state index in [9.17, 15) is 14.0 Å². The van der Waals surface area contributed by atoms with Crippen LogP contribution >= 0.6 is 0 Å². The lowest BCUT2D eigenvalue weighted by Gasteiger charge is -2.18. The highest BCUT2D eigenvalue weighted by Crippen LogP contribution is 2.17. The zero-order valence-electron chi connectivity index (χ0n) is 9.97. The highest BCUT2D eigenvalue weighted by Gasteiger charge is 2.26. The lowest BCUT2D eigenvalue weighted by molar-refractivity contribution is -0.129. The smallest absolute Gasteiger partial charge is 0.293 e. The Morgan fingerprint density at radius 3 is 2.74 bits per heavy atom.